The molecule has 3 rings (SSSR count). The number of aliphatic imine (C=N–C) groups is 1. The van der Waals surface area contributed by atoms with E-state index in [0.717, 1.165) is 69.6 Å². The first kappa shape index (κ1) is 20.1. The Labute approximate surface area is 166 Å². The quantitative estimate of drug-likeness (QED) is 0.613. The van der Waals surface area contributed by atoms with Crippen molar-refractivity contribution in [2.24, 2.45) is 4.99 Å². The van der Waals surface area contributed by atoms with E-state index in [9.17, 15) is 0 Å². The van der Waals surface area contributed by atoms with Gasteiger partial charge >= 0.3 is 0 Å². The van der Waals surface area contributed by atoms with Crippen LogP contribution >= 0.6 is 11.8 Å². The molecule has 0 spiro atoms. The molecule has 2 heterocycles. The van der Waals surface area contributed by atoms with Gasteiger partial charge in [-0.25, -0.2) is 0 Å². The molecule has 27 heavy (non-hydrogen) atoms. The molecule has 0 amide bonds. The number of methoxy groups -OCH3 is 2. The summed E-state index contributed by atoms with van der Waals surface area (Å²) in [6, 6.07) is 4.20. The summed E-state index contributed by atoms with van der Waals surface area (Å²) in [5, 5.41) is 3.63. The summed E-state index contributed by atoms with van der Waals surface area (Å²) < 4.78 is 16.7. The number of nitrogens with one attached hydrogen (secondary N) is 1. The van der Waals surface area contributed by atoms with Crippen molar-refractivity contribution < 1.29 is 14.2 Å². The van der Waals surface area contributed by atoms with Crippen LogP contribution in [0.2, 0.25) is 0 Å². The maximum absolute atomic E-state index is 5.55. The summed E-state index contributed by atoms with van der Waals surface area (Å²) in [4.78, 5) is 6.87. The molecule has 2 aliphatic heterocycles. The monoisotopic (exact) mass is 393 g/mol. The van der Waals surface area contributed by atoms with Gasteiger partial charge in [-0.05, 0) is 48.8 Å². The van der Waals surface area contributed by atoms with Crippen LogP contribution in [0.4, 0.5) is 0 Å². The van der Waals surface area contributed by atoms with Crippen LogP contribution in [0.5, 0.6) is 11.5 Å². The summed E-state index contributed by atoms with van der Waals surface area (Å²) in [5.74, 6) is 2.55. The zero-order valence-electron chi connectivity index (χ0n) is 16.8. The zero-order valence-corrected chi connectivity index (χ0v) is 17.7. The van der Waals surface area contributed by atoms with Gasteiger partial charge < -0.3 is 24.4 Å². The van der Waals surface area contributed by atoms with Gasteiger partial charge in [0.05, 0.1) is 14.2 Å². The Morgan fingerprint density at radius 2 is 1.89 bits per heavy atom. The maximum Gasteiger partial charge on any atom is 0.194 e. The van der Waals surface area contributed by atoms with Crippen molar-refractivity contribution in [1.29, 1.82) is 0 Å². The van der Waals surface area contributed by atoms with Crippen molar-refractivity contribution in [3.05, 3.63) is 23.3 Å². The molecule has 1 aromatic rings. The minimum Gasteiger partial charge on any atom is -0.493 e. The molecule has 6 nitrogen and oxygen atoms in total. The molecule has 0 aromatic heterocycles. The molecule has 0 atom stereocenters. The van der Waals surface area contributed by atoms with Crippen LogP contribution in [-0.4, -0.2) is 69.4 Å². The topological polar surface area (TPSA) is 55.3 Å². The van der Waals surface area contributed by atoms with Crippen molar-refractivity contribution in [1.82, 2.24) is 10.2 Å². The van der Waals surface area contributed by atoms with E-state index in [1.165, 1.54) is 11.1 Å². The molecule has 1 aromatic carbocycles. The molecule has 0 unspecified atom stereocenters. The molecule has 0 aliphatic carbocycles. The lowest BCUT2D eigenvalue weighted by molar-refractivity contribution is 0.0781. The largest absolute Gasteiger partial charge is 0.493 e. The number of hydrogen-bond donors (Lipinski definition) is 1. The highest BCUT2D eigenvalue weighted by atomic mass is 32.2. The van der Waals surface area contributed by atoms with E-state index < -0.39 is 0 Å². The third-order valence-corrected chi connectivity index (χ3v) is 7.05. The lowest BCUT2D eigenvalue weighted by atomic mass is 9.98. The van der Waals surface area contributed by atoms with E-state index in [1.807, 2.05) is 18.8 Å². The van der Waals surface area contributed by atoms with Gasteiger partial charge in [0, 0.05) is 44.6 Å². The minimum absolute atomic E-state index is 0.235. The highest BCUT2D eigenvalue weighted by Crippen LogP contribution is 2.34. The minimum atomic E-state index is 0.235. The van der Waals surface area contributed by atoms with Gasteiger partial charge in [0.25, 0.3) is 0 Å². The molecule has 0 saturated carbocycles. The zero-order chi connectivity index (χ0) is 19.3. The van der Waals surface area contributed by atoms with Gasteiger partial charge in [0.1, 0.15) is 0 Å². The number of benzene rings is 1. The third kappa shape index (κ3) is 4.46. The smallest absolute Gasteiger partial charge is 0.194 e. The molecule has 7 heteroatoms. The number of nitrogens with zero attached hydrogens (tertiary/aromatic N) is 2. The van der Waals surface area contributed by atoms with Crippen LogP contribution in [0, 0.1) is 0 Å². The molecule has 0 radical (unpaired) electrons. The number of hydrogen-bond acceptors (Lipinski definition) is 5. The molecule has 1 fully saturated rings. The van der Waals surface area contributed by atoms with Crippen LogP contribution in [0.3, 0.4) is 0 Å². The Hall–Kier alpha value is -1.60. The highest BCUT2D eigenvalue weighted by molar-refractivity contribution is 8.00. The maximum atomic E-state index is 5.55. The Bertz CT molecular complexity index is 675. The Morgan fingerprint density at radius 3 is 2.48 bits per heavy atom. The Kier molecular flexibility index (Phi) is 6.76. The predicted molar refractivity (Wildman–Crippen MR) is 111 cm³/mol. The first-order chi connectivity index (χ1) is 13.1. The van der Waals surface area contributed by atoms with Crippen LogP contribution in [-0.2, 0) is 17.7 Å². The number of rotatable bonds is 5. The van der Waals surface area contributed by atoms with E-state index in [1.54, 1.807) is 14.2 Å². The van der Waals surface area contributed by atoms with Crippen molar-refractivity contribution in [2.75, 3.05) is 53.8 Å². The van der Waals surface area contributed by atoms with E-state index in [0.29, 0.717) is 0 Å². The van der Waals surface area contributed by atoms with Gasteiger partial charge in [-0.15, -0.1) is 0 Å². The fourth-order valence-corrected chi connectivity index (χ4v) is 4.62. The van der Waals surface area contributed by atoms with Gasteiger partial charge in [-0.2, -0.15) is 11.8 Å². The first-order valence-corrected chi connectivity index (χ1v) is 10.7. The third-order valence-electron chi connectivity index (χ3n) is 5.64. The Balaban J connectivity index is 1.69. The first-order valence-electron chi connectivity index (χ1n) is 9.47. The molecular formula is C20H31N3O3S. The van der Waals surface area contributed by atoms with Crippen LogP contribution in [0.25, 0.3) is 0 Å². The normalized spacial score (nSPS) is 19.4. The van der Waals surface area contributed by atoms with Gasteiger partial charge in [-0.3, -0.25) is 4.99 Å². The number of fused-ring (bicyclic) bond motifs is 1. The fourth-order valence-electron chi connectivity index (χ4n) is 3.83. The summed E-state index contributed by atoms with van der Waals surface area (Å²) in [6.45, 7) is 4.38. The van der Waals surface area contributed by atoms with Gasteiger partial charge in [0.2, 0.25) is 0 Å². The second-order valence-electron chi connectivity index (χ2n) is 7.05. The molecule has 1 saturated heterocycles. The number of thioether (sulfide) groups is 1. The number of guanidine groups is 1. The van der Waals surface area contributed by atoms with Crippen molar-refractivity contribution in [3.63, 3.8) is 0 Å². The Morgan fingerprint density at radius 1 is 1.22 bits per heavy atom. The standard InChI is InChI=1S/C20H31N3O3S/c1-21-19(22-14-20(27-4)6-9-26-10-7-20)23-8-5-15-11-17(24-2)18(25-3)12-16(15)13-23/h11-12H,5-10,13-14H2,1-4H3,(H,21,22). The molecular weight excluding hydrogens is 362 g/mol. The van der Waals surface area contributed by atoms with E-state index >= 15 is 0 Å². The van der Waals surface area contributed by atoms with E-state index in [4.69, 9.17) is 14.2 Å². The lowest BCUT2D eigenvalue weighted by Crippen LogP contribution is -2.50. The molecule has 150 valence electrons. The highest BCUT2D eigenvalue weighted by Gasteiger charge is 2.32. The van der Waals surface area contributed by atoms with E-state index in [2.05, 4.69) is 33.6 Å². The van der Waals surface area contributed by atoms with Crippen LogP contribution in [0.15, 0.2) is 17.1 Å². The molecule has 0 bridgehead atoms. The van der Waals surface area contributed by atoms with E-state index in [-0.39, 0.29) is 4.75 Å². The van der Waals surface area contributed by atoms with Crippen molar-refractivity contribution in [2.45, 2.75) is 30.6 Å². The summed E-state index contributed by atoms with van der Waals surface area (Å²) in [6.07, 6.45) is 5.33. The number of ether oxygens (including phenoxy) is 3. The van der Waals surface area contributed by atoms with Gasteiger partial charge in [0.15, 0.2) is 17.5 Å². The predicted octanol–water partition coefficient (Wildman–Crippen LogP) is 2.55. The summed E-state index contributed by atoms with van der Waals surface area (Å²) >= 11 is 1.94. The van der Waals surface area contributed by atoms with Crippen LogP contribution in [0.1, 0.15) is 24.0 Å². The SMILES string of the molecule is CN=C(NCC1(SC)CCOCC1)N1CCc2cc(OC)c(OC)cc2C1. The summed E-state index contributed by atoms with van der Waals surface area (Å²) in [7, 11) is 5.23. The fraction of sp³-hybridized carbons (Fsp3) is 0.650. The average Bonchev–Trinajstić information content (AvgIpc) is 2.73. The average molecular weight is 394 g/mol. The van der Waals surface area contributed by atoms with Crippen molar-refractivity contribution >= 4 is 17.7 Å². The van der Waals surface area contributed by atoms with Gasteiger partial charge in [-0.1, -0.05) is 0 Å². The molecule has 1 N–H and O–H groups in total. The lowest BCUT2D eigenvalue weighted by Gasteiger charge is -2.38. The summed E-state index contributed by atoms with van der Waals surface area (Å²) in [5.41, 5.74) is 2.59. The second-order valence-corrected chi connectivity index (χ2v) is 8.32. The second kappa shape index (κ2) is 9.06. The molecule has 2 aliphatic rings. The van der Waals surface area contributed by atoms with Crippen molar-refractivity contribution in [3.8, 4) is 11.5 Å². The van der Waals surface area contributed by atoms with Crippen LogP contribution < -0.4 is 14.8 Å².